The fourth-order valence-electron chi connectivity index (χ4n) is 4.21. The summed E-state index contributed by atoms with van der Waals surface area (Å²) in [4.78, 5) is 2.05. The van der Waals surface area contributed by atoms with Crippen molar-refractivity contribution in [3.63, 3.8) is 0 Å². The maximum Gasteiger partial charge on any atom is 0.324 e. The van der Waals surface area contributed by atoms with Crippen LogP contribution in [0.3, 0.4) is 0 Å². The number of nitrogens with zero attached hydrogens (tertiary/aromatic N) is 1. The Morgan fingerprint density at radius 1 is 1.03 bits per heavy atom. The highest BCUT2D eigenvalue weighted by atomic mass is 31.2. The van der Waals surface area contributed by atoms with Crippen molar-refractivity contribution in [2.45, 2.75) is 46.1 Å². The number of hydrogen-bond donors (Lipinski definition) is 1. The lowest BCUT2D eigenvalue weighted by Crippen LogP contribution is -2.35. The molecule has 3 rings (SSSR count). The first kappa shape index (κ1) is 21.9. The second-order valence-corrected chi connectivity index (χ2v) is 11.0. The molecule has 0 bridgehead atoms. The van der Waals surface area contributed by atoms with Crippen LogP contribution in [0.1, 0.15) is 40.0 Å². The van der Waals surface area contributed by atoms with Gasteiger partial charge in [0.05, 0.1) is 11.4 Å². The average Bonchev–Trinajstić information content (AvgIpc) is 2.69. The van der Waals surface area contributed by atoms with Crippen molar-refractivity contribution in [2.75, 3.05) is 24.1 Å². The van der Waals surface area contributed by atoms with Gasteiger partial charge in [-0.3, -0.25) is 4.57 Å². The molecule has 0 aromatic heterocycles. The highest BCUT2D eigenvalue weighted by Gasteiger charge is 2.38. The van der Waals surface area contributed by atoms with Gasteiger partial charge in [-0.25, -0.2) is 0 Å². The third kappa shape index (κ3) is 5.43. The zero-order valence-electron chi connectivity index (χ0n) is 18.3. The Hall–Kier alpha value is -1.77. The van der Waals surface area contributed by atoms with Crippen LogP contribution in [0.2, 0.25) is 0 Å². The highest BCUT2D eigenvalue weighted by Crippen LogP contribution is 2.51. The Labute approximate surface area is 176 Å². The topological polar surface area (TPSA) is 41.6 Å². The molecule has 4 nitrogen and oxygen atoms in total. The largest absolute Gasteiger partial charge is 0.378 e. The molecule has 1 aliphatic carbocycles. The van der Waals surface area contributed by atoms with E-state index in [0.717, 1.165) is 29.5 Å². The summed E-state index contributed by atoms with van der Waals surface area (Å²) in [6.07, 6.45) is 3.31. The molecule has 0 amide bonds. The van der Waals surface area contributed by atoms with E-state index in [2.05, 4.69) is 25.9 Å². The number of anilines is 2. The summed E-state index contributed by atoms with van der Waals surface area (Å²) >= 11 is 0. The molecule has 0 spiro atoms. The minimum Gasteiger partial charge on any atom is -0.378 e. The third-order valence-electron chi connectivity index (χ3n) is 6.00. The van der Waals surface area contributed by atoms with Crippen LogP contribution in [-0.4, -0.2) is 20.2 Å². The fraction of sp³-hybridized carbons (Fsp3) is 0.500. The second-order valence-electron chi connectivity index (χ2n) is 8.91. The molecule has 1 aliphatic rings. The lowest BCUT2D eigenvalue weighted by atomic mass is 9.75. The molecule has 1 saturated carbocycles. The zero-order chi connectivity index (χ0) is 21.0. The molecule has 2 aromatic rings. The van der Waals surface area contributed by atoms with Gasteiger partial charge in [0.2, 0.25) is 0 Å². The minimum atomic E-state index is -3.27. The summed E-state index contributed by atoms with van der Waals surface area (Å²) in [5, 5.41) is 3.99. The molecular weight excluding hydrogens is 379 g/mol. The van der Waals surface area contributed by atoms with Crippen molar-refractivity contribution in [1.29, 1.82) is 0 Å². The van der Waals surface area contributed by atoms with Gasteiger partial charge in [0.1, 0.15) is 0 Å². The van der Waals surface area contributed by atoms with Crippen molar-refractivity contribution in [3.05, 3.63) is 54.6 Å². The van der Waals surface area contributed by atoms with Gasteiger partial charge in [-0.1, -0.05) is 45.4 Å². The quantitative estimate of drug-likeness (QED) is 0.551. The van der Waals surface area contributed by atoms with Gasteiger partial charge < -0.3 is 14.5 Å². The molecule has 0 radical (unpaired) electrons. The minimum absolute atomic E-state index is 0.00154. The van der Waals surface area contributed by atoms with Crippen LogP contribution in [0.5, 0.6) is 0 Å². The molecule has 1 fully saturated rings. The molecule has 1 N–H and O–H groups in total. The summed E-state index contributed by atoms with van der Waals surface area (Å²) in [5.74, 6) is 1.54. The van der Waals surface area contributed by atoms with E-state index in [1.807, 2.05) is 73.6 Å². The summed E-state index contributed by atoms with van der Waals surface area (Å²) in [6.45, 7) is 6.77. The van der Waals surface area contributed by atoms with E-state index >= 15 is 0 Å². The second kappa shape index (κ2) is 9.36. The first-order valence-electron chi connectivity index (χ1n) is 10.7. The lowest BCUT2D eigenvalue weighted by molar-refractivity contribution is 0.0506. The Morgan fingerprint density at radius 3 is 2.28 bits per heavy atom. The zero-order valence-corrected chi connectivity index (χ0v) is 19.2. The summed E-state index contributed by atoms with van der Waals surface area (Å²) in [5.41, 5.74) is 1.92. The average molecular weight is 415 g/mol. The van der Waals surface area contributed by atoms with Crippen LogP contribution in [0.15, 0.2) is 54.6 Å². The number of rotatable bonds is 7. The number of benzene rings is 2. The molecule has 0 heterocycles. The SMILES string of the molecule is CC(C)[C@H]1CC[C@@H](C)C[C@@H]1O[P@](=O)(Nc1ccc(N(C)C)cc1)c1ccccc1. The Bertz CT molecular complexity index is 821. The molecule has 0 aliphatic heterocycles. The van der Waals surface area contributed by atoms with Crippen LogP contribution in [0.4, 0.5) is 11.4 Å². The first-order valence-corrected chi connectivity index (χ1v) is 12.3. The first-order chi connectivity index (χ1) is 13.8. The van der Waals surface area contributed by atoms with Crippen molar-refractivity contribution < 1.29 is 9.09 Å². The summed E-state index contributed by atoms with van der Waals surface area (Å²) in [7, 11) is 0.753. The van der Waals surface area contributed by atoms with Crippen molar-refractivity contribution in [3.8, 4) is 0 Å². The van der Waals surface area contributed by atoms with Gasteiger partial charge in [0.25, 0.3) is 0 Å². The molecule has 29 heavy (non-hydrogen) atoms. The molecule has 0 unspecified atom stereocenters. The fourth-order valence-corrected chi connectivity index (χ4v) is 6.19. The number of nitrogens with one attached hydrogen (secondary N) is 1. The van der Waals surface area contributed by atoms with Crippen molar-refractivity contribution in [1.82, 2.24) is 0 Å². The molecule has 5 heteroatoms. The predicted octanol–water partition coefficient (Wildman–Crippen LogP) is 6.16. The lowest BCUT2D eigenvalue weighted by Gasteiger charge is -2.39. The van der Waals surface area contributed by atoms with E-state index in [0.29, 0.717) is 17.8 Å². The van der Waals surface area contributed by atoms with Crippen LogP contribution in [0.25, 0.3) is 0 Å². The maximum atomic E-state index is 14.2. The van der Waals surface area contributed by atoms with E-state index in [9.17, 15) is 4.57 Å². The Balaban J connectivity index is 1.90. The van der Waals surface area contributed by atoms with E-state index in [-0.39, 0.29) is 6.10 Å². The molecule has 158 valence electrons. The van der Waals surface area contributed by atoms with E-state index in [4.69, 9.17) is 4.52 Å². The van der Waals surface area contributed by atoms with Crippen LogP contribution in [0, 0.1) is 17.8 Å². The van der Waals surface area contributed by atoms with Gasteiger partial charge in [-0.15, -0.1) is 0 Å². The maximum absolute atomic E-state index is 14.2. The van der Waals surface area contributed by atoms with Crippen LogP contribution in [-0.2, 0) is 9.09 Å². The smallest absolute Gasteiger partial charge is 0.324 e. The normalized spacial score (nSPS) is 24.1. The highest BCUT2D eigenvalue weighted by molar-refractivity contribution is 7.68. The molecule has 2 aromatic carbocycles. The van der Waals surface area contributed by atoms with Crippen LogP contribution < -0.4 is 15.3 Å². The Morgan fingerprint density at radius 2 is 1.69 bits per heavy atom. The summed E-state index contributed by atoms with van der Waals surface area (Å²) in [6, 6.07) is 17.6. The Kier molecular flexibility index (Phi) is 7.08. The summed E-state index contributed by atoms with van der Waals surface area (Å²) < 4.78 is 20.7. The standard InChI is InChI=1S/C24H35N2O2P/c1-18(2)23-16-11-19(3)17-24(23)28-29(27,22-9-7-6-8-10-22)25-20-12-14-21(15-13-20)26(4)5/h6-10,12-15,18-19,23-24H,11,16-17H2,1-5H3,(H,25,27)/t19-,23-,24+,29+/m1/s1. The third-order valence-corrected chi connectivity index (χ3v) is 8.10. The molecular formula is C24H35N2O2P. The number of hydrogen-bond acceptors (Lipinski definition) is 3. The van der Waals surface area contributed by atoms with Gasteiger partial charge in [-0.05, 0) is 67.0 Å². The van der Waals surface area contributed by atoms with E-state index in [1.165, 1.54) is 6.42 Å². The van der Waals surface area contributed by atoms with E-state index < -0.39 is 7.52 Å². The van der Waals surface area contributed by atoms with Gasteiger partial charge >= 0.3 is 7.52 Å². The van der Waals surface area contributed by atoms with Gasteiger partial charge in [-0.2, -0.15) is 0 Å². The van der Waals surface area contributed by atoms with Gasteiger partial charge in [0.15, 0.2) is 0 Å². The molecule has 4 atom stereocenters. The predicted molar refractivity (Wildman–Crippen MR) is 124 cm³/mol. The van der Waals surface area contributed by atoms with Crippen LogP contribution >= 0.6 is 7.52 Å². The van der Waals surface area contributed by atoms with Crippen molar-refractivity contribution >= 4 is 24.2 Å². The molecule has 0 saturated heterocycles. The monoisotopic (exact) mass is 414 g/mol. The van der Waals surface area contributed by atoms with Gasteiger partial charge in [0, 0.05) is 25.5 Å². The van der Waals surface area contributed by atoms with Crippen molar-refractivity contribution in [2.24, 2.45) is 17.8 Å². The van der Waals surface area contributed by atoms with E-state index in [1.54, 1.807) is 0 Å².